The summed E-state index contributed by atoms with van der Waals surface area (Å²) < 4.78 is 24.2. The Bertz CT molecular complexity index is 663. The molecule has 0 amide bonds. The first-order valence-corrected chi connectivity index (χ1v) is 10.5. The lowest BCUT2D eigenvalue weighted by Gasteiger charge is -2.49. The highest BCUT2D eigenvalue weighted by Gasteiger charge is 2.60. The van der Waals surface area contributed by atoms with E-state index in [-0.39, 0.29) is 17.8 Å². The van der Waals surface area contributed by atoms with Gasteiger partial charge in [-0.3, -0.25) is 0 Å². The summed E-state index contributed by atoms with van der Waals surface area (Å²) in [5.41, 5.74) is 2.45. The summed E-state index contributed by atoms with van der Waals surface area (Å²) in [6.07, 6.45) is 2.74. The molecule has 26 heavy (non-hydrogen) atoms. The highest BCUT2D eigenvalue weighted by Crippen LogP contribution is 2.58. The molecule has 0 bridgehead atoms. The first-order valence-electron chi connectivity index (χ1n) is 9.65. The van der Waals surface area contributed by atoms with Crippen LogP contribution in [0.1, 0.15) is 30.9 Å². The van der Waals surface area contributed by atoms with Gasteiger partial charge in [0, 0.05) is 17.0 Å². The van der Waals surface area contributed by atoms with Gasteiger partial charge in [-0.15, -0.1) is 9.24 Å². The van der Waals surface area contributed by atoms with Crippen molar-refractivity contribution in [2.24, 2.45) is 5.92 Å². The maximum absolute atomic E-state index is 6.60. The minimum atomic E-state index is -0.316. The van der Waals surface area contributed by atoms with Gasteiger partial charge in [0.15, 0.2) is 23.9 Å². The largest absolute Gasteiger partial charge is 0.493 e. The van der Waals surface area contributed by atoms with Gasteiger partial charge in [0.2, 0.25) is 0 Å². The lowest BCUT2D eigenvalue weighted by atomic mass is 9.59. The third kappa shape index (κ3) is 2.67. The van der Waals surface area contributed by atoms with E-state index in [4.69, 9.17) is 18.9 Å². The van der Waals surface area contributed by atoms with Crippen LogP contribution in [0.2, 0.25) is 0 Å². The van der Waals surface area contributed by atoms with Crippen LogP contribution in [0.25, 0.3) is 0 Å². The van der Waals surface area contributed by atoms with Crippen LogP contribution in [0.5, 0.6) is 11.5 Å². The Balaban J connectivity index is 1.90. The molecule has 144 valence electrons. The zero-order valence-electron chi connectivity index (χ0n) is 15.9. The zero-order chi connectivity index (χ0) is 18.3. The third-order valence-electron chi connectivity index (χ3n) is 6.41. The molecule has 1 aromatic carbocycles. The zero-order valence-corrected chi connectivity index (χ0v) is 17.1. The van der Waals surface area contributed by atoms with Gasteiger partial charge in [-0.2, -0.15) is 0 Å². The molecule has 0 saturated carbocycles. The van der Waals surface area contributed by atoms with Crippen LogP contribution in [0.3, 0.4) is 0 Å². The molecule has 6 heteroatoms. The smallest absolute Gasteiger partial charge is 0.195 e. The maximum atomic E-state index is 6.60. The van der Waals surface area contributed by atoms with Crippen molar-refractivity contribution in [3.63, 3.8) is 0 Å². The van der Waals surface area contributed by atoms with E-state index in [0.717, 1.165) is 37.0 Å². The van der Waals surface area contributed by atoms with Crippen molar-refractivity contribution in [3.05, 3.63) is 23.3 Å². The van der Waals surface area contributed by atoms with Gasteiger partial charge in [0.05, 0.1) is 20.3 Å². The number of methoxy groups -OCH3 is 1. The van der Waals surface area contributed by atoms with Crippen LogP contribution in [-0.2, 0) is 14.9 Å². The molecule has 0 aliphatic carbocycles. The number of rotatable bonds is 4. The van der Waals surface area contributed by atoms with Gasteiger partial charge in [0.25, 0.3) is 0 Å². The van der Waals surface area contributed by atoms with Crippen LogP contribution in [0, 0.1) is 12.8 Å². The number of hydrogen-bond donors (Lipinski definition) is 1. The SMILES string of the molecule is COc1ccc(C)c2c1OC(C1OCCO1)C21CCNC(C)C1CCP. The number of ether oxygens (including phenoxy) is 4. The molecular weight excluding hydrogens is 349 g/mol. The fourth-order valence-electron chi connectivity index (χ4n) is 5.37. The lowest BCUT2D eigenvalue weighted by Crippen LogP contribution is -2.60. The highest BCUT2D eigenvalue weighted by atomic mass is 31.0. The van der Waals surface area contributed by atoms with E-state index >= 15 is 0 Å². The van der Waals surface area contributed by atoms with Gasteiger partial charge < -0.3 is 24.3 Å². The van der Waals surface area contributed by atoms with Gasteiger partial charge in [-0.05, 0) is 56.9 Å². The minimum Gasteiger partial charge on any atom is -0.493 e. The van der Waals surface area contributed by atoms with E-state index in [1.54, 1.807) is 7.11 Å². The Morgan fingerprint density at radius 2 is 2.08 bits per heavy atom. The summed E-state index contributed by atoms with van der Waals surface area (Å²) in [6.45, 7) is 6.72. The van der Waals surface area contributed by atoms with E-state index < -0.39 is 0 Å². The fourth-order valence-corrected chi connectivity index (χ4v) is 5.73. The van der Waals surface area contributed by atoms with Gasteiger partial charge in [-0.1, -0.05) is 6.07 Å². The van der Waals surface area contributed by atoms with E-state index in [0.29, 0.717) is 25.2 Å². The summed E-state index contributed by atoms with van der Waals surface area (Å²) in [6, 6.07) is 4.58. The normalized spacial score (nSPS) is 34.1. The lowest BCUT2D eigenvalue weighted by molar-refractivity contribution is -0.140. The highest BCUT2D eigenvalue weighted by molar-refractivity contribution is 7.16. The average molecular weight is 379 g/mol. The third-order valence-corrected chi connectivity index (χ3v) is 6.74. The summed E-state index contributed by atoms with van der Waals surface area (Å²) in [5.74, 6) is 2.14. The molecule has 3 aliphatic heterocycles. The number of fused-ring (bicyclic) bond motifs is 2. The molecule has 0 aromatic heterocycles. The predicted molar refractivity (Wildman–Crippen MR) is 104 cm³/mol. The average Bonchev–Trinajstić information content (AvgIpc) is 3.26. The molecule has 1 aromatic rings. The Morgan fingerprint density at radius 1 is 1.31 bits per heavy atom. The topological polar surface area (TPSA) is 49.0 Å². The second kappa shape index (κ2) is 7.27. The van der Waals surface area contributed by atoms with E-state index in [9.17, 15) is 0 Å². The molecule has 2 saturated heterocycles. The monoisotopic (exact) mass is 379 g/mol. The number of nitrogens with one attached hydrogen (secondary N) is 1. The molecule has 1 spiro atoms. The Kier molecular flexibility index (Phi) is 5.17. The van der Waals surface area contributed by atoms with Gasteiger partial charge in [0.1, 0.15) is 0 Å². The van der Waals surface area contributed by atoms with Crippen molar-refractivity contribution in [1.82, 2.24) is 5.32 Å². The maximum Gasteiger partial charge on any atom is 0.195 e. The molecule has 2 fully saturated rings. The summed E-state index contributed by atoms with van der Waals surface area (Å²) in [7, 11) is 4.60. The quantitative estimate of drug-likeness (QED) is 0.815. The van der Waals surface area contributed by atoms with Crippen LogP contribution < -0.4 is 14.8 Å². The summed E-state index contributed by atoms with van der Waals surface area (Å²) >= 11 is 0. The predicted octanol–water partition coefficient (Wildman–Crippen LogP) is 2.64. The first kappa shape index (κ1) is 18.5. The molecular formula is C20H30NO4P. The number of benzene rings is 1. The molecule has 5 nitrogen and oxygen atoms in total. The van der Waals surface area contributed by atoms with Crippen LogP contribution >= 0.6 is 9.24 Å². The van der Waals surface area contributed by atoms with Gasteiger partial charge in [-0.25, -0.2) is 0 Å². The second-order valence-corrected chi connectivity index (χ2v) is 8.23. The van der Waals surface area contributed by atoms with Crippen molar-refractivity contribution in [2.75, 3.05) is 33.0 Å². The van der Waals surface area contributed by atoms with E-state index in [1.165, 1.54) is 11.1 Å². The fraction of sp³-hybridized carbons (Fsp3) is 0.700. The number of aryl methyl sites for hydroxylation is 1. The van der Waals surface area contributed by atoms with Crippen molar-refractivity contribution in [3.8, 4) is 11.5 Å². The Labute approximate surface area is 158 Å². The van der Waals surface area contributed by atoms with Crippen LogP contribution in [0.15, 0.2) is 12.1 Å². The molecule has 5 unspecified atom stereocenters. The standard InChI is InChI=1S/C20H30NO4P/c1-12-4-5-15(22-3)17-16(12)20(18(25-17)19-23-9-10-24-19)7-8-21-13(2)14(20)6-11-26/h4-5,13-14,18-19,21H,6-11,26H2,1-3H3. The minimum absolute atomic E-state index is 0.121. The number of piperidine rings is 1. The van der Waals surface area contributed by atoms with Gasteiger partial charge >= 0.3 is 0 Å². The van der Waals surface area contributed by atoms with Crippen molar-refractivity contribution in [1.29, 1.82) is 0 Å². The molecule has 3 aliphatic rings. The van der Waals surface area contributed by atoms with Crippen molar-refractivity contribution in [2.45, 2.75) is 50.5 Å². The molecule has 1 N–H and O–H groups in total. The van der Waals surface area contributed by atoms with Crippen LogP contribution in [-0.4, -0.2) is 51.5 Å². The summed E-state index contributed by atoms with van der Waals surface area (Å²) in [5, 5.41) is 3.68. The molecule has 0 radical (unpaired) electrons. The van der Waals surface area contributed by atoms with Crippen molar-refractivity contribution < 1.29 is 18.9 Å². The summed E-state index contributed by atoms with van der Waals surface area (Å²) in [4.78, 5) is 0. The molecule has 4 rings (SSSR count). The van der Waals surface area contributed by atoms with Crippen LogP contribution in [0.4, 0.5) is 0 Å². The van der Waals surface area contributed by atoms with E-state index in [2.05, 4.69) is 34.5 Å². The Hall–Kier alpha value is -0.870. The van der Waals surface area contributed by atoms with E-state index in [1.807, 2.05) is 6.07 Å². The second-order valence-electron chi connectivity index (χ2n) is 7.65. The molecule has 5 atom stereocenters. The molecule has 3 heterocycles. The number of hydrogen-bond acceptors (Lipinski definition) is 5. The van der Waals surface area contributed by atoms with Crippen molar-refractivity contribution >= 4 is 9.24 Å². The first-order chi connectivity index (χ1) is 12.6. The Morgan fingerprint density at radius 3 is 2.77 bits per heavy atom.